The molecule has 4 amide bonds. The van der Waals surface area contributed by atoms with Gasteiger partial charge in [-0.1, -0.05) is 25.0 Å². The summed E-state index contributed by atoms with van der Waals surface area (Å²) in [6.45, 7) is 0.998. The first kappa shape index (κ1) is 20.1. The van der Waals surface area contributed by atoms with Crippen LogP contribution in [-0.4, -0.2) is 39.2 Å². The number of likely N-dealkylation sites (tertiary alicyclic amines) is 2. The van der Waals surface area contributed by atoms with Crippen molar-refractivity contribution in [3.63, 3.8) is 0 Å². The lowest BCUT2D eigenvalue weighted by Crippen LogP contribution is -2.38. The molecule has 0 bridgehead atoms. The molecule has 2 aromatic rings. The van der Waals surface area contributed by atoms with Crippen LogP contribution < -0.4 is 5.32 Å². The highest BCUT2D eigenvalue weighted by atomic mass is 16.2. The number of benzene rings is 1. The van der Waals surface area contributed by atoms with Gasteiger partial charge in [0.25, 0.3) is 0 Å². The van der Waals surface area contributed by atoms with Crippen LogP contribution in [0.5, 0.6) is 0 Å². The summed E-state index contributed by atoms with van der Waals surface area (Å²) in [6.07, 6.45) is 8.27. The fraction of sp³-hybridized carbons (Fsp3) is 0.391. The summed E-state index contributed by atoms with van der Waals surface area (Å²) in [7, 11) is 0. The average Bonchev–Trinajstić information content (AvgIpc) is 2.97. The molecule has 0 saturated carbocycles. The highest BCUT2D eigenvalue weighted by Crippen LogP contribution is 2.30. The van der Waals surface area contributed by atoms with Crippen molar-refractivity contribution in [1.82, 2.24) is 14.8 Å². The Morgan fingerprint density at radius 1 is 0.967 bits per heavy atom. The quantitative estimate of drug-likeness (QED) is 0.781. The van der Waals surface area contributed by atoms with Crippen LogP contribution in [0, 0.1) is 0 Å². The van der Waals surface area contributed by atoms with Gasteiger partial charge in [0, 0.05) is 37.5 Å². The predicted octanol–water partition coefficient (Wildman–Crippen LogP) is 3.88. The van der Waals surface area contributed by atoms with Crippen LogP contribution in [0.4, 0.5) is 10.5 Å². The summed E-state index contributed by atoms with van der Waals surface area (Å²) < 4.78 is 0. The minimum atomic E-state index is -0.124. The van der Waals surface area contributed by atoms with Crippen LogP contribution in [-0.2, 0) is 16.1 Å². The first-order valence-corrected chi connectivity index (χ1v) is 10.5. The van der Waals surface area contributed by atoms with Crippen molar-refractivity contribution in [2.24, 2.45) is 0 Å². The van der Waals surface area contributed by atoms with Gasteiger partial charge in [0.1, 0.15) is 0 Å². The molecule has 0 radical (unpaired) electrons. The first-order chi connectivity index (χ1) is 14.6. The Bertz CT molecular complexity index is 898. The molecular formula is C23H26N4O3. The lowest BCUT2D eigenvalue weighted by Gasteiger charge is -2.30. The van der Waals surface area contributed by atoms with Crippen LogP contribution in [0.25, 0.3) is 0 Å². The molecule has 4 rings (SSSR count). The van der Waals surface area contributed by atoms with E-state index in [1.807, 2.05) is 41.3 Å². The van der Waals surface area contributed by atoms with Crippen LogP contribution in [0.15, 0.2) is 48.8 Å². The van der Waals surface area contributed by atoms with E-state index in [0.717, 1.165) is 43.4 Å². The third-order valence-electron chi connectivity index (χ3n) is 5.81. The van der Waals surface area contributed by atoms with Gasteiger partial charge in [-0.05, 0) is 48.2 Å². The number of carbonyl (C=O) groups excluding carboxylic acids is 3. The number of nitrogens with zero attached hydrogens (tertiary/aromatic N) is 3. The number of aromatic nitrogens is 1. The number of hydrogen-bond donors (Lipinski definition) is 1. The fourth-order valence-electron chi connectivity index (χ4n) is 4.15. The van der Waals surface area contributed by atoms with E-state index < -0.39 is 0 Å². The number of amides is 4. The van der Waals surface area contributed by atoms with Crippen molar-refractivity contribution in [1.29, 1.82) is 0 Å². The summed E-state index contributed by atoms with van der Waals surface area (Å²) in [4.78, 5) is 43.9. The Morgan fingerprint density at radius 2 is 1.67 bits per heavy atom. The lowest BCUT2D eigenvalue weighted by atomic mass is 10.0. The van der Waals surface area contributed by atoms with Crippen molar-refractivity contribution in [2.45, 2.75) is 51.1 Å². The van der Waals surface area contributed by atoms with Gasteiger partial charge in [0.05, 0.1) is 12.6 Å². The van der Waals surface area contributed by atoms with E-state index in [9.17, 15) is 14.4 Å². The summed E-state index contributed by atoms with van der Waals surface area (Å²) >= 11 is 0. The predicted molar refractivity (Wildman–Crippen MR) is 112 cm³/mol. The molecule has 2 aliphatic heterocycles. The van der Waals surface area contributed by atoms with E-state index in [1.54, 1.807) is 12.4 Å². The van der Waals surface area contributed by atoms with E-state index >= 15 is 0 Å². The molecule has 1 aromatic heterocycles. The first-order valence-electron chi connectivity index (χ1n) is 10.5. The van der Waals surface area contributed by atoms with Gasteiger partial charge in [-0.2, -0.15) is 0 Å². The van der Waals surface area contributed by atoms with Gasteiger partial charge in [0.15, 0.2) is 0 Å². The summed E-state index contributed by atoms with van der Waals surface area (Å²) in [5.74, 6) is -0.249. The van der Waals surface area contributed by atoms with Crippen LogP contribution in [0.3, 0.4) is 0 Å². The molecule has 2 saturated heterocycles. The number of anilines is 1. The number of urea groups is 1. The van der Waals surface area contributed by atoms with Gasteiger partial charge in [-0.15, -0.1) is 0 Å². The normalized spacial score (nSPS) is 19.7. The maximum Gasteiger partial charge on any atom is 0.322 e. The molecule has 30 heavy (non-hydrogen) atoms. The maximum atomic E-state index is 13.1. The standard InChI is InChI=1S/C23H26N4O3/c28-21-9-10-22(29)27(21)16-17-5-7-19(8-6-17)25-23(30)26-15-3-1-2-4-20(26)18-11-13-24-14-12-18/h5-8,11-14,20H,1-4,9-10,15-16H2,(H,25,30). The minimum Gasteiger partial charge on any atom is -0.317 e. The third-order valence-corrected chi connectivity index (χ3v) is 5.81. The molecule has 7 heteroatoms. The molecule has 3 heterocycles. The molecule has 1 N–H and O–H groups in total. The molecule has 1 atom stereocenters. The van der Waals surface area contributed by atoms with Gasteiger partial charge in [0.2, 0.25) is 11.8 Å². The smallest absolute Gasteiger partial charge is 0.317 e. The monoisotopic (exact) mass is 406 g/mol. The molecule has 0 aliphatic carbocycles. The zero-order valence-electron chi connectivity index (χ0n) is 16.9. The molecule has 2 aliphatic rings. The van der Waals surface area contributed by atoms with Gasteiger partial charge >= 0.3 is 6.03 Å². The maximum absolute atomic E-state index is 13.1. The van der Waals surface area contributed by atoms with Crippen molar-refractivity contribution >= 4 is 23.5 Å². The van der Waals surface area contributed by atoms with E-state index in [4.69, 9.17) is 0 Å². The van der Waals surface area contributed by atoms with E-state index in [2.05, 4.69) is 10.3 Å². The minimum absolute atomic E-state index is 0.0435. The van der Waals surface area contributed by atoms with E-state index in [0.29, 0.717) is 18.5 Å². The highest BCUT2D eigenvalue weighted by molar-refractivity contribution is 6.01. The fourth-order valence-corrected chi connectivity index (χ4v) is 4.15. The zero-order valence-corrected chi connectivity index (χ0v) is 16.9. The van der Waals surface area contributed by atoms with Crippen LogP contribution >= 0.6 is 0 Å². The second-order valence-corrected chi connectivity index (χ2v) is 7.84. The van der Waals surface area contributed by atoms with Crippen molar-refractivity contribution in [3.05, 3.63) is 59.9 Å². The number of pyridine rings is 1. The van der Waals surface area contributed by atoms with Crippen molar-refractivity contribution < 1.29 is 14.4 Å². The lowest BCUT2D eigenvalue weighted by molar-refractivity contribution is -0.139. The Kier molecular flexibility index (Phi) is 6.07. The molecule has 1 aromatic carbocycles. The number of nitrogens with one attached hydrogen (secondary N) is 1. The molecule has 7 nitrogen and oxygen atoms in total. The summed E-state index contributed by atoms with van der Waals surface area (Å²) in [5.41, 5.74) is 2.67. The Morgan fingerprint density at radius 3 is 2.37 bits per heavy atom. The number of imide groups is 1. The number of rotatable bonds is 4. The Hall–Kier alpha value is -3.22. The van der Waals surface area contributed by atoms with E-state index in [-0.39, 0.29) is 30.4 Å². The molecule has 0 spiro atoms. The molecule has 1 unspecified atom stereocenters. The average molecular weight is 406 g/mol. The molecular weight excluding hydrogens is 380 g/mol. The van der Waals surface area contributed by atoms with Crippen molar-refractivity contribution in [3.8, 4) is 0 Å². The Labute approximate surface area is 176 Å². The van der Waals surface area contributed by atoms with Crippen LogP contribution in [0.1, 0.15) is 55.7 Å². The van der Waals surface area contributed by atoms with Crippen molar-refractivity contribution in [2.75, 3.05) is 11.9 Å². The highest BCUT2D eigenvalue weighted by Gasteiger charge is 2.29. The number of carbonyl (C=O) groups is 3. The number of hydrogen-bond acceptors (Lipinski definition) is 4. The van der Waals surface area contributed by atoms with Gasteiger partial charge in [-0.3, -0.25) is 19.5 Å². The largest absolute Gasteiger partial charge is 0.322 e. The van der Waals surface area contributed by atoms with E-state index in [1.165, 1.54) is 4.90 Å². The van der Waals surface area contributed by atoms with Gasteiger partial charge in [-0.25, -0.2) is 4.79 Å². The Balaban J connectivity index is 1.43. The summed E-state index contributed by atoms with van der Waals surface area (Å²) in [6, 6.07) is 11.2. The topological polar surface area (TPSA) is 82.6 Å². The second-order valence-electron chi connectivity index (χ2n) is 7.84. The third kappa shape index (κ3) is 4.50. The zero-order chi connectivity index (χ0) is 20.9. The summed E-state index contributed by atoms with van der Waals surface area (Å²) in [5, 5.41) is 3.00. The van der Waals surface area contributed by atoms with Crippen LogP contribution in [0.2, 0.25) is 0 Å². The molecule has 2 fully saturated rings. The molecule has 156 valence electrons. The SMILES string of the molecule is O=C1CCC(=O)N1Cc1ccc(NC(=O)N2CCCCCC2c2ccncc2)cc1. The van der Waals surface area contributed by atoms with Gasteiger partial charge < -0.3 is 10.2 Å². The second kappa shape index (κ2) is 9.07.